The van der Waals surface area contributed by atoms with Crippen LogP contribution in [-0.4, -0.2) is 21.0 Å². The van der Waals surface area contributed by atoms with E-state index in [1.165, 1.54) is 0 Å². The number of halogens is 1. The highest BCUT2D eigenvalue weighted by molar-refractivity contribution is 9.10. The van der Waals surface area contributed by atoms with Gasteiger partial charge in [0.2, 0.25) is 0 Å². The van der Waals surface area contributed by atoms with E-state index in [0.29, 0.717) is 5.56 Å². The molecule has 0 amide bonds. The fourth-order valence-electron chi connectivity index (χ4n) is 4.13. The smallest absolute Gasteiger partial charge is 0.335 e. The van der Waals surface area contributed by atoms with E-state index in [1.54, 1.807) is 12.1 Å². The second kappa shape index (κ2) is 6.94. The first-order valence-corrected chi connectivity index (χ1v) is 10.1. The SMILES string of the molecule is O=C(O)c1ccccc1C(c1c[nH]c2ccccc12)c1c[nH]c2ccc(Br)cc12. The third-order valence-electron chi connectivity index (χ3n) is 5.42. The van der Waals surface area contributed by atoms with Crippen molar-refractivity contribution in [2.75, 3.05) is 0 Å². The molecule has 0 bridgehead atoms. The monoisotopic (exact) mass is 444 g/mol. The van der Waals surface area contributed by atoms with Gasteiger partial charge in [0, 0.05) is 44.6 Å². The van der Waals surface area contributed by atoms with Gasteiger partial charge in [0.05, 0.1) is 5.56 Å². The van der Waals surface area contributed by atoms with Crippen molar-refractivity contribution in [1.29, 1.82) is 0 Å². The summed E-state index contributed by atoms with van der Waals surface area (Å²) >= 11 is 3.57. The van der Waals surface area contributed by atoms with Crippen LogP contribution in [0, 0.1) is 0 Å². The lowest BCUT2D eigenvalue weighted by Gasteiger charge is -2.19. The van der Waals surface area contributed by atoms with Crippen molar-refractivity contribution in [2.45, 2.75) is 5.92 Å². The summed E-state index contributed by atoms with van der Waals surface area (Å²) < 4.78 is 0.982. The summed E-state index contributed by atoms with van der Waals surface area (Å²) in [5.41, 5.74) is 5.22. The van der Waals surface area contributed by atoms with Crippen LogP contribution >= 0.6 is 15.9 Å². The van der Waals surface area contributed by atoms with Gasteiger partial charge in [-0.2, -0.15) is 0 Å². The van der Waals surface area contributed by atoms with Crippen molar-refractivity contribution in [2.24, 2.45) is 0 Å². The molecule has 0 saturated heterocycles. The van der Waals surface area contributed by atoms with Crippen molar-refractivity contribution >= 4 is 43.7 Å². The Morgan fingerprint density at radius 3 is 2.24 bits per heavy atom. The average Bonchev–Trinajstić information content (AvgIpc) is 3.34. The minimum absolute atomic E-state index is 0.235. The molecule has 29 heavy (non-hydrogen) atoms. The lowest BCUT2D eigenvalue weighted by atomic mass is 9.82. The third-order valence-corrected chi connectivity index (χ3v) is 5.91. The number of para-hydroxylation sites is 1. The van der Waals surface area contributed by atoms with E-state index in [2.05, 4.69) is 38.0 Å². The first-order chi connectivity index (χ1) is 14.1. The number of carbonyl (C=O) groups is 1. The van der Waals surface area contributed by atoms with Gasteiger partial charge in [0.15, 0.2) is 0 Å². The molecule has 3 N–H and O–H groups in total. The van der Waals surface area contributed by atoms with Gasteiger partial charge in [0.25, 0.3) is 0 Å². The molecule has 0 saturated carbocycles. The van der Waals surface area contributed by atoms with Crippen molar-refractivity contribution in [3.63, 3.8) is 0 Å². The van der Waals surface area contributed by atoms with Crippen molar-refractivity contribution in [1.82, 2.24) is 9.97 Å². The predicted octanol–water partition coefficient (Wildman–Crippen LogP) is 6.29. The Balaban J connectivity index is 1.85. The molecule has 0 aliphatic heterocycles. The maximum Gasteiger partial charge on any atom is 0.335 e. The molecule has 5 heteroatoms. The summed E-state index contributed by atoms with van der Waals surface area (Å²) in [6.07, 6.45) is 3.98. The number of aromatic nitrogens is 2. The highest BCUT2D eigenvalue weighted by atomic mass is 79.9. The molecule has 0 aliphatic rings. The molecule has 0 aliphatic carbocycles. The van der Waals surface area contributed by atoms with Gasteiger partial charge in [-0.3, -0.25) is 0 Å². The molecule has 1 atom stereocenters. The molecule has 3 aromatic carbocycles. The zero-order chi connectivity index (χ0) is 20.0. The minimum Gasteiger partial charge on any atom is -0.478 e. The normalized spacial score (nSPS) is 12.4. The first-order valence-electron chi connectivity index (χ1n) is 9.28. The van der Waals surface area contributed by atoms with Crippen LogP contribution < -0.4 is 0 Å². The lowest BCUT2D eigenvalue weighted by molar-refractivity contribution is 0.0695. The summed E-state index contributed by atoms with van der Waals surface area (Å²) in [5, 5.41) is 12.0. The molecule has 2 heterocycles. The van der Waals surface area contributed by atoms with Crippen LogP contribution in [0.5, 0.6) is 0 Å². The van der Waals surface area contributed by atoms with E-state index in [4.69, 9.17) is 0 Å². The minimum atomic E-state index is -0.925. The number of aromatic carboxylic acids is 1. The van der Waals surface area contributed by atoms with Gasteiger partial charge in [-0.15, -0.1) is 0 Å². The summed E-state index contributed by atoms with van der Waals surface area (Å²) in [4.78, 5) is 18.7. The highest BCUT2D eigenvalue weighted by Crippen LogP contribution is 2.41. The average molecular weight is 445 g/mol. The fraction of sp³-hybridized carbons (Fsp3) is 0.0417. The van der Waals surface area contributed by atoms with Crippen molar-refractivity contribution < 1.29 is 9.90 Å². The quantitative estimate of drug-likeness (QED) is 0.304. The van der Waals surface area contributed by atoms with Crippen LogP contribution in [0.1, 0.15) is 33.0 Å². The second-order valence-electron chi connectivity index (χ2n) is 7.05. The van der Waals surface area contributed by atoms with E-state index >= 15 is 0 Å². The molecule has 4 nitrogen and oxygen atoms in total. The molecule has 5 rings (SSSR count). The number of carboxylic acid groups (broad SMARTS) is 1. The van der Waals surface area contributed by atoms with Crippen LogP contribution in [0.15, 0.2) is 83.6 Å². The number of aromatic amines is 2. The summed E-state index contributed by atoms with van der Waals surface area (Å²) in [7, 11) is 0. The van der Waals surface area contributed by atoms with Crippen LogP contribution in [-0.2, 0) is 0 Å². The molecule has 5 aromatic rings. The standard InChI is InChI=1S/C24H17BrN2O2/c25-14-9-10-22-18(11-14)20(13-27-22)23(16-6-1-2-7-17(16)24(28)29)19-12-26-21-8-4-3-5-15(19)21/h1-13,23,26-27H,(H,28,29). The third kappa shape index (κ3) is 2.95. The fourth-order valence-corrected chi connectivity index (χ4v) is 4.49. The van der Waals surface area contributed by atoms with E-state index in [9.17, 15) is 9.90 Å². The number of benzene rings is 3. The maximum atomic E-state index is 12.0. The zero-order valence-corrected chi connectivity index (χ0v) is 16.9. The zero-order valence-electron chi connectivity index (χ0n) is 15.3. The number of fused-ring (bicyclic) bond motifs is 2. The molecule has 142 valence electrons. The number of carboxylic acids is 1. The number of hydrogen-bond donors (Lipinski definition) is 3. The lowest BCUT2D eigenvalue weighted by Crippen LogP contribution is -2.09. The van der Waals surface area contributed by atoms with Gasteiger partial charge in [-0.05, 0) is 47.0 Å². The van der Waals surface area contributed by atoms with Gasteiger partial charge < -0.3 is 15.1 Å². The Morgan fingerprint density at radius 1 is 0.793 bits per heavy atom. The van der Waals surface area contributed by atoms with Gasteiger partial charge in [0.1, 0.15) is 0 Å². The van der Waals surface area contributed by atoms with Crippen LogP contribution in [0.4, 0.5) is 0 Å². The molecule has 0 fully saturated rings. The molecule has 1 unspecified atom stereocenters. The van der Waals surface area contributed by atoms with Gasteiger partial charge in [-0.1, -0.05) is 52.3 Å². The molecule has 0 radical (unpaired) electrons. The summed E-state index contributed by atoms with van der Waals surface area (Å²) in [5.74, 6) is -1.16. The van der Waals surface area contributed by atoms with E-state index in [1.807, 2.05) is 54.9 Å². The Hall–Kier alpha value is -3.31. The largest absolute Gasteiger partial charge is 0.478 e. The first kappa shape index (κ1) is 17.8. The van der Waals surface area contributed by atoms with Crippen molar-refractivity contribution in [3.05, 3.63) is 106 Å². The topological polar surface area (TPSA) is 68.9 Å². The Labute approximate surface area is 175 Å². The second-order valence-corrected chi connectivity index (χ2v) is 7.96. The predicted molar refractivity (Wildman–Crippen MR) is 119 cm³/mol. The molecule has 2 aromatic heterocycles. The van der Waals surface area contributed by atoms with Crippen LogP contribution in [0.25, 0.3) is 21.8 Å². The molecular formula is C24H17BrN2O2. The van der Waals surface area contributed by atoms with Crippen LogP contribution in [0.3, 0.4) is 0 Å². The van der Waals surface area contributed by atoms with E-state index in [0.717, 1.165) is 43.0 Å². The number of nitrogens with one attached hydrogen (secondary N) is 2. The Bertz CT molecular complexity index is 1370. The Morgan fingerprint density at radius 2 is 1.45 bits per heavy atom. The highest BCUT2D eigenvalue weighted by Gasteiger charge is 2.26. The van der Waals surface area contributed by atoms with Crippen LogP contribution in [0.2, 0.25) is 0 Å². The number of hydrogen-bond acceptors (Lipinski definition) is 1. The molecule has 0 spiro atoms. The van der Waals surface area contributed by atoms with E-state index < -0.39 is 5.97 Å². The number of rotatable bonds is 4. The maximum absolute atomic E-state index is 12.0. The van der Waals surface area contributed by atoms with Crippen molar-refractivity contribution in [3.8, 4) is 0 Å². The summed E-state index contributed by atoms with van der Waals surface area (Å²) in [6.45, 7) is 0. The van der Waals surface area contributed by atoms with Gasteiger partial charge >= 0.3 is 5.97 Å². The number of H-pyrrole nitrogens is 2. The Kier molecular flexibility index (Phi) is 4.25. The van der Waals surface area contributed by atoms with Gasteiger partial charge in [-0.25, -0.2) is 4.79 Å². The molecular weight excluding hydrogens is 428 g/mol. The van der Waals surface area contributed by atoms with E-state index in [-0.39, 0.29) is 5.92 Å². The summed E-state index contributed by atoms with van der Waals surface area (Å²) in [6, 6.07) is 21.4.